The normalized spacial score (nSPS) is 12.7. The molecule has 0 saturated heterocycles. The highest BCUT2D eigenvalue weighted by Gasteiger charge is 2.23. The zero-order valence-electron chi connectivity index (χ0n) is 8.84. The van der Waals surface area contributed by atoms with E-state index in [0.717, 1.165) is 0 Å². The van der Waals surface area contributed by atoms with Crippen LogP contribution in [0.15, 0.2) is 12.1 Å². The summed E-state index contributed by atoms with van der Waals surface area (Å²) in [5.74, 6) is 0.579. The van der Waals surface area contributed by atoms with Crippen molar-refractivity contribution in [2.75, 3.05) is 14.2 Å². The molecule has 1 aromatic carbocycles. The molecule has 3 nitrogen and oxygen atoms in total. The van der Waals surface area contributed by atoms with Gasteiger partial charge in [0.1, 0.15) is 0 Å². The minimum atomic E-state index is -2.68. The van der Waals surface area contributed by atoms with Gasteiger partial charge in [0.2, 0.25) is 0 Å². The molecule has 0 aliphatic rings. The molecular weight excluding hydrogens is 240 g/mol. The first-order valence-corrected chi connectivity index (χ1v) is 4.84. The van der Waals surface area contributed by atoms with Crippen LogP contribution in [0.3, 0.4) is 0 Å². The summed E-state index contributed by atoms with van der Waals surface area (Å²) in [7, 11) is 2.81. The predicted molar refractivity (Wildman–Crippen MR) is 57.5 cm³/mol. The molecule has 16 heavy (non-hydrogen) atoms. The maximum absolute atomic E-state index is 12.5. The summed E-state index contributed by atoms with van der Waals surface area (Å²) in [6.07, 6.45) is -2.68. The van der Waals surface area contributed by atoms with Gasteiger partial charge in [-0.05, 0) is 11.6 Å². The summed E-state index contributed by atoms with van der Waals surface area (Å²) < 4.78 is 34.9. The number of nitrogens with two attached hydrogens (primary N) is 1. The van der Waals surface area contributed by atoms with Crippen LogP contribution in [0.4, 0.5) is 8.78 Å². The molecule has 0 spiro atoms. The number of methoxy groups -OCH3 is 2. The third-order valence-corrected chi connectivity index (χ3v) is 2.54. The molecule has 6 heteroatoms. The number of halogens is 3. The fourth-order valence-corrected chi connectivity index (χ4v) is 1.66. The Morgan fingerprint density at radius 2 is 1.88 bits per heavy atom. The molecule has 0 fully saturated rings. The van der Waals surface area contributed by atoms with Crippen LogP contribution in [-0.2, 0) is 0 Å². The van der Waals surface area contributed by atoms with Crippen LogP contribution in [-0.4, -0.2) is 20.6 Å². The first-order valence-electron chi connectivity index (χ1n) is 4.47. The Morgan fingerprint density at radius 3 is 2.31 bits per heavy atom. The quantitative estimate of drug-likeness (QED) is 0.895. The number of benzene rings is 1. The molecule has 0 unspecified atom stereocenters. The summed E-state index contributed by atoms with van der Waals surface area (Å²) in [6.45, 7) is 0. The van der Waals surface area contributed by atoms with Crippen LogP contribution in [0.1, 0.15) is 11.6 Å². The van der Waals surface area contributed by atoms with Crippen molar-refractivity contribution in [1.29, 1.82) is 0 Å². The van der Waals surface area contributed by atoms with Gasteiger partial charge < -0.3 is 15.2 Å². The first kappa shape index (κ1) is 13.0. The smallest absolute Gasteiger partial charge is 0.257 e. The largest absolute Gasteiger partial charge is 0.493 e. The summed E-state index contributed by atoms with van der Waals surface area (Å²) >= 11 is 5.91. The second-order valence-corrected chi connectivity index (χ2v) is 3.44. The molecule has 1 rings (SSSR count). The Bertz CT molecular complexity index is 374. The number of hydrogen-bond donors (Lipinski definition) is 1. The highest BCUT2D eigenvalue weighted by molar-refractivity contribution is 6.33. The zero-order valence-corrected chi connectivity index (χ0v) is 9.59. The number of ether oxygens (including phenoxy) is 2. The van der Waals surface area contributed by atoms with E-state index in [4.69, 9.17) is 26.8 Å². The molecule has 0 aliphatic heterocycles. The molecule has 0 saturated carbocycles. The van der Waals surface area contributed by atoms with Gasteiger partial charge in [0.05, 0.1) is 25.3 Å². The van der Waals surface area contributed by atoms with Crippen LogP contribution in [0.2, 0.25) is 5.02 Å². The van der Waals surface area contributed by atoms with Crippen LogP contribution in [0.25, 0.3) is 0 Å². The van der Waals surface area contributed by atoms with Gasteiger partial charge in [-0.1, -0.05) is 17.7 Å². The molecule has 0 bridgehead atoms. The molecule has 0 aliphatic carbocycles. The number of hydrogen-bond acceptors (Lipinski definition) is 3. The van der Waals surface area contributed by atoms with Crippen molar-refractivity contribution in [1.82, 2.24) is 0 Å². The second kappa shape index (κ2) is 5.32. The van der Waals surface area contributed by atoms with Gasteiger partial charge in [-0.15, -0.1) is 0 Å². The third-order valence-electron chi connectivity index (χ3n) is 2.15. The van der Waals surface area contributed by atoms with Gasteiger partial charge in [-0.3, -0.25) is 0 Å². The lowest BCUT2D eigenvalue weighted by Crippen LogP contribution is -2.19. The zero-order chi connectivity index (χ0) is 12.3. The molecule has 0 heterocycles. The van der Waals surface area contributed by atoms with Crippen LogP contribution in [0, 0.1) is 0 Å². The Kier molecular flexibility index (Phi) is 4.32. The first-order chi connectivity index (χ1) is 7.52. The molecule has 1 atom stereocenters. The maximum atomic E-state index is 12.5. The summed E-state index contributed by atoms with van der Waals surface area (Å²) in [5.41, 5.74) is 5.46. The van der Waals surface area contributed by atoms with E-state index in [1.807, 2.05) is 0 Å². The average Bonchev–Trinajstić information content (AvgIpc) is 2.27. The molecule has 1 aromatic rings. The predicted octanol–water partition coefficient (Wildman–Crippen LogP) is 2.62. The molecule has 90 valence electrons. The van der Waals surface area contributed by atoms with Crippen LogP contribution >= 0.6 is 11.6 Å². The van der Waals surface area contributed by atoms with Crippen molar-refractivity contribution in [3.63, 3.8) is 0 Å². The fraction of sp³-hybridized carbons (Fsp3) is 0.400. The summed E-state index contributed by atoms with van der Waals surface area (Å²) in [6, 6.07) is 1.45. The van der Waals surface area contributed by atoms with E-state index < -0.39 is 12.5 Å². The Labute approximate surface area is 97.1 Å². The van der Waals surface area contributed by atoms with E-state index in [0.29, 0.717) is 5.75 Å². The van der Waals surface area contributed by atoms with Gasteiger partial charge in [-0.2, -0.15) is 0 Å². The molecule has 0 radical (unpaired) electrons. The van der Waals surface area contributed by atoms with Crippen molar-refractivity contribution in [3.05, 3.63) is 22.7 Å². The fourth-order valence-electron chi connectivity index (χ4n) is 1.30. The summed E-state index contributed by atoms with van der Waals surface area (Å²) in [4.78, 5) is 0. The van der Waals surface area contributed by atoms with Crippen molar-refractivity contribution in [2.45, 2.75) is 12.5 Å². The van der Waals surface area contributed by atoms with E-state index in [1.165, 1.54) is 26.4 Å². The SMILES string of the molecule is COc1ccc([C@H](N)C(F)F)c(Cl)c1OC. The van der Waals surface area contributed by atoms with Crippen molar-refractivity contribution in [2.24, 2.45) is 5.73 Å². The minimum absolute atomic E-state index is 0.0506. The van der Waals surface area contributed by atoms with Crippen molar-refractivity contribution >= 4 is 11.6 Å². The molecule has 0 amide bonds. The minimum Gasteiger partial charge on any atom is -0.493 e. The average molecular weight is 252 g/mol. The third kappa shape index (κ3) is 2.36. The molecule has 0 aromatic heterocycles. The van der Waals surface area contributed by atoms with Gasteiger partial charge in [0, 0.05) is 0 Å². The van der Waals surface area contributed by atoms with Crippen molar-refractivity contribution in [3.8, 4) is 11.5 Å². The van der Waals surface area contributed by atoms with Gasteiger partial charge in [-0.25, -0.2) is 8.78 Å². The maximum Gasteiger partial charge on any atom is 0.257 e. The monoisotopic (exact) mass is 251 g/mol. The topological polar surface area (TPSA) is 44.5 Å². The van der Waals surface area contributed by atoms with Gasteiger partial charge in [0.15, 0.2) is 11.5 Å². The van der Waals surface area contributed by atoms with Crippen molar-refractivity contribution < 1.29 is 18.3 Å². The lowest BCUT2D eigenvalue weighted by Gasteiger charge is -2.16. The highest BCUT2D eigenvalue weighted by atomic mass is 35.5. The van der Waals surface area contributed by atoms with Crippen LogP contribution in [0.5, 0.6) is 11.5 Å². The van der Waals surface area contributed by atoms with E-state index in [1.54, 1.807) is 0 Å². The number of rotatable bonds is 4. The summed E-state index contributed by atoms with van der Waals surface area (Å²) in [5, 5.41) is 0.0506. The Balaban J connectivity index is 3.23. The van der Waals surface area contributed by atoms with E-state index >= 15 is 0 Å². The van der Waals surface area contributed by atoms with Crippen LogP contribution < -0.4 is 15.2 Å². The molecular formula is C10H12ClF2NO2. The Hall–Kier alpha value is -1.07. The van der Waals surface area contributed by atoms with E-state index in [-0.39, 0.29) is 16.3 Å². The lowest BCUT2D eigenvalue weighted by molar-refractivity contribution is 0.116. The standard InChI is InChI=1S/C10H12ClF2NO2/c1-15-6-4-3-5(8(14)10(12)13)7(11)9(6)16-2/h3-4,8,10H,14H2,1-2H3/t8-/m0/s1. The number of alkyl halides is 2. The highest BCUT2D eigenvalue weighted by Crippen LogP contribution is 2.40. The Morgan fingerprint density at radius 1 is 1.25 bits per heavy atom. The van der Waals surface area contributed by atoms with E-state index in [2.05, 4.69) is 0 Å². The lowest BCUT2D eigenvalue weighted by atomic mass is 10.1. The second-order valence-electron chi connectivity index (χ2n) is 3.06. The van der Waals surface area contributed by atoms with E-state index in [9.17, 15) is 8.78 Å². The van der Waals surface area contributed by atoms with Gasteiger partial charge >= 0.3 is 0 Å². The molecule has 2 N–H and O–H groups in total. The van der Waals surface area contributed by atoms with Gasteiger partial charge in [0.25, 0.3) is 6.43 Å².